The Labute approximate surface area is 140 Å². The molecule has 1 N–H and O–H groups in total. The predicted molar refractivity (Wildman–Crippen MR) is 93.5 cm³/mol. The molecule has 2 aromatic carbocycles. The molecule has 0 bridgehead atoms. The Morgan fingerprint density at radius 1 is 0.833 bits per heavy atom. The number of hydrogen-bond acceptors (Lipinski definition) is 2. The van der Waals surface area contributed by atoms with E-state index >= 15 is 0 Å². The molecule has 0 radical (unpaired) electrons. The average molecular weight is 318 g/mol. The number of benzene rings is 2. The number of nitrogens with one attached hydrogen (secondary N) is 1. The fourth-order valence-corrected chi connectivity index (χ4v) is 2.57. The Morgan fingerprint density at radius 2 is 1.38 bits per heavy atom. The number of aromatic amines is 1. The summed E-state index contributed by atoms with van der Waals surface area (Å²) in [5.41, 5.74) is 2.21. The summed E-state index contributed by atoms with van der Waals surface area (Å²) in [6.07, 6.45) is 1.50. The van der Waals surface area contributed by atoms with Gasteiger partial charge in [-0.2, -0.15) is 0 Å². The summed E-state index contributed by atoms with van der Waals surface area (Å²) >= 11 is 0. The van der Waals surface area contributed by atoms with E-state index in [0.717, 1.165) is 11.1 Å². The average Bonchev–Trinajstić information content (AvgIpc) is 2.62. The summed E-state index contributed by atoms with van der Waals surface area (Å²) in [4.78, 5) is 28.7. The fraction of sp³-hybridized carbons (Fsp3) is 0.100. The highest BCUT2D eigenvalue weighted by Gasteiger charge is 2.17. The van der Waals surface area contributed by atoms with Gasteiger partial charge in [-0.05, 0) is 17.2 Å². The summed E-state index contributed by atoms with van der Waals surface area (Å²) in [6, 6.07) is 22.6. The summed E-state index contributed by atoms with van der Waals surface area (Å²) in [5, 5.41) is 0. The van der Waals surface area contributed by atoms with Gasteiger partial charge in [-0.3, -0.25) is 9.59 Å². The molecule has 4 nitrogen and oxygen atoms in total. The van der Waals surface area contributed by atoms with Gasteiger partial charge in [-0.1, -0.05) is 60.7 Å². The molecule has 0 unspecified atom stereocenters. The van der Waals surface area contributed by atoms with Gasteiger partial charge in [0.05, 0.1) is 0 Å². The van der Waals surface area contributed by atoms with E-state index in [2.05, 4.69) is 4.98 Å². The Kier molecular flexibility index (Phi) is 4.87. The third-order valence-electron chi connectivity index (χ3n) is 3.74. The van der Waals surface area contributed by atoms with Crippen LogP contribution in [0.3, 0.4) is 0 Å². The number of H-pyrrole nitrogens is 1. The van der Waals surface area contributed by atoms with E-state index < -0.39 is 0 Å². The number of hydrogen-bond donors (Lipinski definition) is 1. The number of rotatable bonds is 5. The topological polar surface area (TPSA) is 53.2 Å². The molecule has 0 fully saturated rings. The van der Waals surface area contributed by atoms with Crippen LogP contribution in [0.2, 0.25) is 0 Å². The summed E-state index contributed by atoms with van der Waals surface area (Å²) < 4.78 is 0. The molecule has 120 valence electrons. The molecule has 3 aromatic rings. The van der Waals surface area contributed by atoms with E-state index in [1.807, 2.05) is 60.7 Å². The Morgan fingerprint density at radius 3 is 1.88 bits per heavy atom. The van der Waals surface area contributed by atoms with Gasteiger partial charge < -0.3 is 9.88 Å². The van der Waals surface area contributed by atoms with E-state index in [0.29, 0.717) is 18.7 Å². The number of aromatic nitrogens is 1. The van der Waals surface area contributed by atoms with Crippen molar-refractivity contribution in [3.8, 4) is 0 Å². The Bertz CT molecular complexity index is 816. The minimum Gasteiger partial charge on any atom is -0.330 e. The van der Waals surface area contributed by atoms with Crippen LogP contribution in [0.4, 0.5) is 0 Å². The lowest BCUT2D eigenvalue weighted by atomic mass is 10.1. The molecule has 0 aliphatic rings. The molecule has 3 rings (SSSR count). The highest BCUT2D eigenvalue weighted by atomic mass is 16.2. The minimum absolute atomic E-state index is 0.159. The van der Waals surface area contributed by atoms with Gasteiger partial charge in [-0.15, -0.1) is 0 Å². The van der Waals surface area contributed by atoms with Gasteiger partial charge in [0, 0.05) is 30.9 Å². The Balaban J connectivity index is 1.88. The molecule has 1 heterocycles. The largest absolute Gasteiger partial charge is 0.330 e. The van der Waals surface area contributed by atoms with Gasteiger partial charge >= 0.3 is 0 Å². The first-order valence-corrected chi connectivity index (χ1v) is 7.78. The number of carbonyl (C=O) groups is 1. The maximum Gasteiger partial charge on any atom is 0.254 e. The first kappa shape index (κ1) is 15.7. The number of carbonyl (C=O) groups excluding carboxylic acids is 1. The molecular weight excluding hydrogens is 300 g/mol. The molecule has 4 heteroatoms. The smallest absolute Gasteiger partial charge is 0.254 e. The van der Waals surface area contributed by atoms with Crippen LogP contribution in [0, 0.1) is 0 Å². The molecule has 0 saturated carbocycles. The highest BCUT2D eigenvalue weighted by molar-refractivity contribution is 5.94. The molecule has 0 atom stereocenters. The second kappa shape index (κ2) is 7.42. The van der Waals surface area contributed by atoms with Crippen molar-refractivity contribution in [2.45, 2.75) is 13.1 Å². The second-order valence-electron chi connectivity index (χ2n) is 5.57. The van der Waals surface area contributed by atoms with Crippen molar-refractivity contribution >= 4 is 5.91 Å². The van der Waals surface area contributed by atoms with Crippen LogP contribution < -0.4 is 5.56 Å². The molecular formula is C20H18N2O2. The molecule has 0 aliphatic heterocycles. The zero-order chi connectivity index (χ0) is 16.8. The fourth-order valence-electron chi connectivity index (χ4n) is 2.57. The zero-order valence-corrected chi connectivity index (χ0v) is 13.2. The normalized spacial score (nSPS) is 10.3. The van der Waals surface area contributed by atoms with Gasteiger partial charge in [0.25, 0.3) is 5.91 Å². The van der Waals surface area contributed by atoms with Crippen molar-refractivity contribution in [2.75, 3.05) is 0 Å². The molecule has 0 spiro atoms. The lowest BCUT2D eigenvalue weighted by molar-refractivity contribution is 0.0730. The number of pyridine rings is 1. The van der Waals surface area contributed by atoms with Crippen LogP contribution in [-0.4, -0.2) is 15.8 Å². The second-order valence-corrected chi connectivity index (χ2v) is 5.57. The SMILES string of the molecule is O=C(c1cc[nH]c(=O)c1)N(Cc1ccccc1)Cc1ccccc1. The van der Waals surface area contributed by atoms with Crippen molar-refractivity contribution in [2.24, 2.45) is 0 Å². The van der Waals surface area contributed by atoms with Crippen LogP contribution in [0.25, 0.3) is 0 Å². The van der Waals surface area contributed by atoms with Gasteiger partial charge in [0.15, 0.2) is 0 Å². The minimum atomic E-state index is -0.278. The van der Waals surface area contributed by atoms with Crippen LogP contribution in [0.15, 0.2) is 83.8 Å². The standard InChI is InChI=1S/C20H18N2O2/c23-19-13-18(11-12-21-19)20(24)22(14-16-7-3-1-4-8-16)15-17-9-5-2-6-10-17/h1-13H,14-15H2,(H,21,23). The third-order valence-corrected chi connectivity index (χ3v) is 3.74. The molecule has 0 aliphatic carbocycles. The van der Waals surface area contributed by atoms with E-state index in [9.17, 15) is 9.59 Å². The maximum absolute atomic E-state index is 12.9. The van der Waals surface area contributed by atoms with Crippen LogP contribution in [0.5, 0.6) is 0 Å². The molecule has 1 aromatic heterocycles. The van der Waals surface area contributed by atoms with Gasteiger partial charge in [0.2, 0.25) is 5.56 Å². The summed E-state index contributed by atoms with van der Waals surface area (Å²) in [6.45, 7) is 0.975. The highest BCUT2D eigenvalue weighted by Crippen LogP contribution is 2.13. The van der Waals surface area contributed by atoms with Crippen molar-refractivity contribution < 1.29 is 4.79 Å². The van der Waals surface area contributed by atoms with Crippen molar-refractivity contribution in [1.82, 2.24) is 9.88 Å². The van der Waals surface area contributed by atoms with E-state index in [1.54, 1.807) is 11.0 Å². The summed E-state index contributed by atoms with van der Waals surface area (Å²) in [5.74, 6) is -0.159. The first-order chi connectivity index (χ1) is 11.7. The molecule has 24 heavy (non-hydrogen) atoms. The molecule has 1 amide bonds. The van der Waals surface area contributed by atoms with Gasteiger partial charge in [0.1, 0.15) is 0 Å². The lowest BCUT2D eigenvalue weighted by Gasteiger charge is -2.23. The van der Waals surface area contributed by atoms with Crippen molar-refractivity contribution in [3.05, 3.63) is 106 Å². The molecule has 0 saturated heterocycles. The van der Waals surface area contributed by atoms with Crippen LogP contribution >= 0.6 is 0 Å². The van der Waals surface area contributed by atoms with Crippen LogP contribution in [0.1, 0.15) is 21.5 Å². The predicted octanol–water partition coefficient (Wildman–Crippen LogP) is 3.22. The lowest BCUT2D eigenvalue weighted by Crippen LogP contribution is -2.30. The monoisotopic (exact) mass is 318 g/mol. The number of nitrogens with zero attached hydrogens (tertiary/aromatic N) is 1. The number of amides is 1. The third kappa shape index (κ3) is 3.98. The maximum atomic E-state index is 12.9. The van der Waals surface area contributed by atoms with Crippen LogP contribution in [-0.2, 0) is 13.1 Å². The van der Waals surface area contributed by atoms with E-state index in [-0.39, 0.29) is 11.5 Å². The van der Waals surface area contributed by atoms with Crippen molar-refractivity contribution in [1.29, 1.82) is 0 Å². The summed E-state index contributed by atoms with van der Waals surface area (Å²) in [7, 11) is 0. The zero-order valence-electron chi connectivity index (χ0n) is 13.2. The van der Waals surface area contributed by atoms with E-state index in [1.165, 1.54) is 12.3 Å². The van der Waals surface area contributed by atoms with Gasteiger partial charge in [-0.25, -0.2) is 0 Å². The Hall–Kier alpha value is -3.14. The first-order valence-electron chi connectivity index (χ1n) is 7.78. The van der Waals surface area contributed by atoms with Crippen molar-refractivity contribution in [3.63, 3.8) is 0 Å². The van der Waals surface area contributed by atoms with E-state index in [4.69, 9.17) is 0 Å². The quantitative estimate of drug-likeness (QED) is 0.785.